The van der Waals surface area contributed by atoms with Crippen LogP contribution in [0.1, 0.15) is 10.4 Å². The Morgan fingerprint density at radius 2 is 1.87 bits per heavy atom. The molecule has 1 aromatic carbocycles. The zero-order chi connectivity index (χ0) is 11.3. The summed E-state index contributed by atoms with van der Waals surface area (Å²) < 4.78 is 9.53. The fourth-order valence-corrected chi connectivity index (χ4v) is 1.04. The highest BCUT2D eigenvalue weighted by atomic mass is 16.5. The third-order valence-electron chi connectivity index (χ3n) is 1.83. The molecule has 0 saturated heterocycles. The normalized spacial score (nSPS) is 10.9. The Labute approximate surface area is 86.9 Å². The maximum atomic E-state index is 11.5. The van der Waals surface area contributed by atoms with Crippen molar-refractivity contribution < 1.29 is 19.5 Å². The van der Waals surface area contributed by atoms with Crippen LogP contribution in [0.5, 0.6) is 5.75 Å². The summed E-state index contributed by atoms with van der Waals surface area (Å²) in [6.07, 6.45) is 0. The second-order valence-electron chi connectivity index (χ2n) is 2.67. The van der Waals surface area contributed by atoms with Gasteiger partial charge in [-0.25, -0.2) is 0 Å². The second kappa shape index (κ2) is 4.99. The summed E-state index contributed by atoms with van der Waals surface area (Å²) in [4.78, 5) is 11.5. The summed E-state index contributed by atoms with van der Waals surface area (Å²) in [6.45, 7) is 0. The van der Waals surface area contributed by atoms with Crippen LogP contribution in [0.2, 0.25) is 0 Å². The largest absolute Gasteiger partial charge is 0.497 e. The highest BCUT2D eigenvalue weighted by molar-refractivity contribution is 6.42. The van der Waals surface area contributed by atoms with Crippen LogP contribution in [0.3, 0.4) is 0 Å². The number of methoxy groups -OCH3 is 2. The highest BCUT2D eigenvalue weighted by Crippen LogP contribution is 2.12. The van der Waals surface area contributed by atoms with Crippen LogP contribution in [-0.2, 0) is 4.74 Å². The number of hydrogen-bond donors (Lipinski definition) is 1. The van der Waals surface area contributed by atoms with Crippen molar-refractivity contribution in [1.82, 2.24) is 0 Å². The molecular weight excluding hydrogens is 198 g/mol. The van der Waals surface area contributed by atoms with Crippen molar-refractivity contribution in [2.45, 2.75) is 0 Å². The molecule has 5 heteroatoms. The van der Waals surface area contributed by atoms with Crippen LogP contribution in [-0.4, -0.2) is 31.1 Å². The van der Waals surface area contributed by atoms with Gasteiger partial charge in [-0.15, -0.1) is 0 Å². The molecule has 0 aliphatic carbocycles. The average Bonchev–Trinajstić information content (AvgIpc) is 2.30. The van der Waals surface area contributed by atoms with Crippen molar-refractivity contribution in [2.75, 3.05) is 14.2 Å². The molecule has 0 saturated carbocycles. The van der Waals surface area contributed by atoms with Gasteiger partial charge in [0.15, 0.2) is 0 Å². The van der Waals surface area contributed by atoms with Crippen LogP contribution < -0.4 is 4.74 Å². The van der Waals surface area contributed by atoms with Crippen molar-refractivity contribution in [1.29, 1.82) is 0 Å². The van der Waals surface area contributed by atoms with E-state index < -0.39 is 5.78 Å². The van der Waals surface area contributed by atoms with Gasteiger partial charge >= 0.3 is 0 Å². The molecule has 0 atom stereocenters. The number of benzene rings is 1. The van der Waals surface area contributed by atoms with E-state index in [0.29, 0.717) is 11.3 Å². The predicted octanol–water partition coefficient (Wildman–Crippen LogP) is 1.31. The lowest BCUT2D eigenvalue weighted by Crippen LogP contribution is -2.16. The van der Waals surface area contributed by atoms with E-state index in [4.69, 9.17) is 9.94 Å². The third kappa shape index (κ3) is 2.46. The fraction of sp³-hybridized carbons (Fsp3) is 0.200. The van der Waals surface area contributed by atoms with Gasteiger partial charge in [0, 0.05) is 5.56 Å². The van der Waals surface area contributed by atoms with Crippen molar-refractivity contribution in [3.05, 3.63) is 29.8 Å². The minimum absolute atomic E-state index is 0.347. The number of Topliss-reactive ketones (excluding diaryl/α,β-unsaturated/α-hetero) is 1. The van der Waals surface area contributed by atoms with Crippen LogP contribution in [0.4, 0.5) is 0 Å². The summed E-state index contributed by atoms with van der Waals surface area (Å²) in [5.74, 6) is -0.186. The molecule has 0 aliphatic heterocycles. The van der Waals surface area contributed by atoms with E-state index in [9.17, 15) is 4.79 Å². The molecule has 0 heterocycles. The maximum absolute atomic E-state index is 11.5. The smallest absolute Gasteiger partial charge is 0.298 e. The molecule has 0 aliphatic rings. The van der Waals surface area contributed by atoms with Gasteiger partial charge in [-0.2, -0.15) is 0 Å². The predicted molar refractivity (Wildman–Crippen MR) is 53.6 cm³/mol. The molecule has 0 radical (unpaired) electrons. The molecule has 0 aromatic heterocycles. The lowest BCUT2D eigenvalue weighted by atomic mass is 10.1. The van der Waals surface area contributed by atoms with E-state index in [1.165, 1.54) is 14.2 Å². The van der Waals surface area contributed by atoms with Gasteiger partial charge in [-0.3, -0.25) is 4.79 Å². The van der Waals surface area contributed by atoms with Gasteiger partial charge in [0.05, 0.1) is 14.2 Å². The van der Waals surface area contributed by atoms with E-state index in [2.05, 4.69) is 9.89 Å². The molecule has 0 fully saturated rings. The molecule has 0 bridgehead atoms. The summed E-state index contributed by atoms with van der Waals surface area (Å²) >= 11 is 0. The summed E-state index contributed by atoms with van der Waals surface area (Å²) in [5.41, 5.74) is 0.366. The summed E-state index contributed by atoms with van der Waals surface area (Å²) in [5, 5.41) is 11.2. The van der Waals surface area contributed by atoms with E-state index in [-0.39, 0.29) is 5.90 Å². The minimum Gasteiger partial charge on any atom is -0.497 e. The van der Waals surface area contributed by atoms with Crippen LogP contribution in [0, 0.1) is 0 Å². The number of carbonyl (C=O) groups excluding carboxylic acids is 1. The molecule has 0 spiro atoms. The van der Waals surface area contributed by atoms with E-state index in [1.54, 1.807) is 24.3 Å². The van der Waals surface area contributed by atoms with Gasteiger partial charge in [0.2, 0.25) is 0 Å². The van der Waals surface area contributed by atoms with Crippen molar-refractivity contribution in [3.63, 3.8) is 0 Å². The molecule has 1 aromatic rings. The first-order valence-electron chi connectivity index (χ1n) is 4.17. The van der Waals surface area contributed by atoms with Crippen LogP contribution in [0.15, 0.2) is 29.4 Å². The Hall–Kier alpha value is -2.04. The molecule has 0 unspecified atom stereocenters. The highest BCUT2D eigenvalue weighted by Gasteiger charge is 2.14. The Morgan fingerprint density at radius 1 is 1.27 bits per heavy atom. The van der Waals surface area contributed by atoms with Crippen molar-refractivity contribution in [2.24, 2.45) is 5.16 Å². The Kier molecular flexibility index (Phi) is 3.68. The number of oxime groups is 1. The van der Waals surface area contributed by atoms with E-state index in [0.717, 1.165) is 0 Å². The van der Waals surface area contributed by atoms with Crippen molar-refractivity contribution >= 4 is 11.7 Å². The van der Waals surface area contributed by atoms with E-state index >= 15 is 0 Å². The average molecular weight is 209 g/mol. The topological polar surface area (TPSA) is 68.1 Å². The fourth-order valence-electron chi connectivity index (χ4n) is 1.04. The maximum Gasteiger partial charge on any atom is 0.298 e. The van der Waals surface area contributed by atoms with Crippen LogP contribution in [0.25, 0.3) is 0 Å². The Bertz CT molecular complexity index is 370. The number of ketones is 1. The minimum atomic E-state index is -0.484. The Balaban J connectivity index is 2.92. The van der Waals surface area contributed by atoms with Gasteiger partial charge in [-0.1, -0.05) is 0 Å². The number of hydrogen-bond acceptors (Lipinski definition) is 5. The lowest BCUT2D eigenvalue weighted by molar-refractivity contribution is 0.103. The molecule has 80 valence electrons. The SMILES string of the molecule is COC(=NO)C(=O)c1ccc(OC)cc1. The third-order valence-corrected chi connectivity index (χ3v) is 1.83. The number of nitrogens with zero attached hydrogens (tertiary/aromatic N) is 1. The molecule has 5 nitrogen and oxygen atoms in total. The van der Waals surface area contributed by atoms with Gasteiger partial charge < -0.3 is 14.7 Å². The first-order chi connectivity index (χ1) is 7.22. The Morgan fingerprint density at radius 3 is 2.27 bits per heavy atom. The molecule has 15 heavy (non-hydrogen) atoms. The summed E-state index contributed by atoms with van der Waals surface area (Å²) in [7, 11) is 2.79. The standard InChI is InChI=1S/C10H11NO4/c1-14-8-5-3-7(4-6-8)9(12)10(11-13)15-2/h3-6,13H,1-2H3. The second-order valence-corrected chi connectivity index (χ2v) is 2.67. The molecular formula is C10H11NO4. The number of rotatable bonds is 3. The van der Waals surface area contributed by atoms with Crippen molar-refractivity contribution in [3.8, 4) is 5.75 Å². The number of ether oxygens (including phenoxy) is 2. The van der Waals surface area contributed by atoms with Crippen LogP contribution >= 0.6 is 0 Å². The van der Waals surface area contributed by atoms with Gasteiger partial charge in [0.25, 0.3) is 11.7 Å². The zero-order valence-corrected chi connectivity index (χ0v) is 8.43. The first-order valence-corrected chi connectivity index (χ1v) is 4.17. The lowest BCUT2D eigenvalue weighted by Gasteiger charge is -2.03. The monoisotopic (exact) mass is 209 g/mol. The zero-order valence-electron chi connectivity index (χ0n) is 8.43. The molecule has 0 amide bonds. The first kappa shape index (κ1) is 11.0. The summed E-state index contributed by atoms with van der Waals surface area (Å²) in [6, 6.07) is 6.40. The molecule has 1 rings (SSSR count). The van der Waals surface area contributed by atoms with Gasteiger partial charge in [0.1, 0.15) is 5.75 Å². The quantitative estimate of drug-likeness (QED) is 0.268. The molecule has 1 N–H and O–H groups in total. The van der Waals surface area contributed by atoms with E-state index in [1.807, 2.05) is 0 Å². The number of carbonyl (C=O) groups is 1. The van der Waals surface area contributed by atoms with Gasteiger partial charge in [-0.05, 0) is 29.4 Å².